The summed E-state index contributed by atoms with van der Waals surface area (Å²) in [5.41, 5.74) is 1.11. The molecule has 2 rings (SSSR count). The lowest BCUT2D eigenvalue weighted by Crippen LogP contribution is -2.22. The van der Waals surface area contributed by atoms with Crippen LogP contribution in [-0.2, 0) is 5.54 Å². The Morgan fingerprint density at radius 3 is 2.70 bits per heavy atom. The summed E-state index contributed by atoms with van der Waals surface area (Å²) in [7, 11) is 1.57. The molecule has 0 saturated heterocycles. The van der Waals surface area contributed by atoms with Crippen molar-refractivity contribution in [1.29, 1.82) is 0 Å². The fraction of sp³-hybridized carbons (Fsp3) is 0.333. The number of amides is 1. The molecule has 5 heteroatoms. The average molecular weight is 273 g/mol. The monoisotopic (exact) mass is 273 g/mol. The van der Waals surface area contributed by atoms with Crippen LogP contribution in [0.5, 0.6) is 5.75 Å². The van der Waals surface area contributed by atoms with Crippen molar-refractivity contribution in [3.8, 4) is 5.75 Å². The quantitative estimate of drug-likeness (QED) is 0.935. The van der Waals surface area contributed by atoms with E-state index in [-0.39, 0.29) is 11.4 Å². The first-order valence-electron chi connectivity index (χ1n) is 6.41. The molecule has 0 fully saturated rings. The van der Waals surface area contributed by atoms with Crippen molar-refractivity contribution in [2.24, 2.45) is 0 Å². The molecule has 106 valence electrons. The van der Waals surface area contributed by atoms with Gasteiger partial charge in [0.05, 0.1) is 24.5 Å². The maximum Gasteiger partial charge on any atom is 0.255 e. The van der Waals surface area contributed by atoms with Crippen LogP contribution >= 0.6 is 0 Å². The van der Waals surface area contributed by atoms with E-state index in [0.29, 0.717) is 17.0 Å². The van der Waals surface area contributed by atoms with Crippen molar-refractivity contribution in [2.75, 3.05) is 12.4 Å². The molecule has 1 N–H and O–H groups in total. The second kappa shape index (κ2) is 5.36. The maximum atomic E-state index is 12.1. The number of anilines is 1. The molecule has 1 aromatic carbocycles. The molecular formula is C15H19N3O2. The summed E-state index contributed by atoms with van der Waals surface area (Å²) in [5, 5.41) is 7.07. The summed E-state index contributed by atoms with van der Waals surface area (Å²) in [6.45, 7) is 6.15. The molecule has 0 radical (unpaired) electrons. The fourth-order valence-corrected chi connectivity index (χ4v) is 1.72. The fourth-order valence-electron chi connectivity index (χ4n) is 1.72. The van der Waals surface area contributed by atoms with Crippen LogP contribution in [0.2, 0.25) is 0 Å². The van der Waals surface area contributed by atoms with Crippen LogP contribution in [0.3, 0.4) is 0 Å². The molecule has 0 aliphatic rings. The van der Waals surface area contributed by atoms with Crippen molar-refractivity contribution in [3.63, 3.8) is 0 Å². The predicted octanol–water partition coefficient (Wildman–Crippen LogP) is 2.90. The van der Waals surface area contributed by atoms with Gasteiger partial charge in [-0.2, -0.15) is 5.10 Å². The van der Waals surface area contributed by atoms with Gasteiger partial charge < -0.3 is 10.1 Å². The minimum Gasteiger partial charge on any atom is -0.497 e. The van der Waals surface area contributed by atoms with Crippen molar-refractivity contribution < 1.29 is 9.53 Å². The Kier molecular flexibility index (Phi) is 3.79. The van der Waals surface area contributed by atoms with E-state index in [4.69, 9.17) is 4.74 Å². The van der Waals surface area contributed by atoms with Gasteiger partial charge in [-0.3, -0.25) is 9.48 Å². The summed E-state index contributed by atoms with van der Waals surface area (Å²) < 4.78 is 6.92. The molecule has 0 atom stereocenters. The third kappa shape index (κ3) is 3.17. The van der Waals surface area contributed by atoms with Gasteiger partial charge in [-0.05, 0) is 39.0 Å². The molecule has 0 aliphatic heterocycles. The lowest BCUT2D eigenvalue weighted by molar-refractivity contribution is 0.102. The maximum absolute atomic E-state index is 12.1. The van der Waals surface area contributed by atoms with E-state index in [2.05, 4.69) is 10.4 Å². The summed E-state index contributed by atoms with van der Waals surface area (Å²) in [5.74, 6) is 0.473. The number of nitrogens with one attached hydrogen (secondary N) is 1. The second-order valence-corrected chi connectivity index (χ2v) is 5.53. The smallest absolute Gasteiger partial charge is 0.255 e. The molecule has 5 nitrogen and oxygen atoms in total. The van der Waals surface area contributed by atoms with E-state index >= 15 is 0 Å². The number of nitrogens with zero attached hydrogens (tertiary/aromatic N) is 2. The molecule has 1 aromatic heterocycles. The van der Waals surface area contributed by atoms with E-state index in [0.717, 1.165) is 0 Å². The van der Waals surface area contributed by atoms with Crippen molar-refractivity contribution in [3.05, 3.63) is 42.2 Å². The van der Waals surface area contributed by atoms with Crippen LogP contribution < -0.4 is 10.1 Å². The minimum atomic E-state index is -0.183. The van der Waals surface area contributed by atoms with Gasteiger partial charge in [-0.15, -0.1) is 0 Å². The Labute approximate surface area is 118 Å². The normalized spacial score (nSPS) is 11.2. The number of carbonyl (C=O) groups excluding carboxylic acids is 1. The van der Waals surface area contributed by atoms with Gasteiger partial charge in [-0.25, -0.2) is 0 Å². The molecule has 2 aromatic rings. The van der Waals surface area contributed by atoms with E-state index in [1.807, 2.05) is 31.6 Å². The third-order valence-electron chi connectivity index (χ3n) is 2.86. The van der Waals surface area contributed by atoms with Gasteiger partial charge >= 0.3 is 0 Å². The lowest BCUT2D eigenvalue weighted by atomic mass is 10.1. The number of aromatic nitrogens is 2. The highest BCUT2D eigenvalue weighted by atomic mass is 16.5. The van der Waals surface area contributed by atoms with Crippen LogP contribution in [0.25, 0.3) is 0 Å². The number of carbonyl (C=O) groups is 1. The van der Waals surface area contributed by atoms with Crippen LogP contribution in [0, 0.1) is 0 Å². The van der Waals surface area contributed by atoms with Gasteiger partial charge in [0, 0.05) is 11.8 Å². The van der Waals surface area contributed by atoms with E-state index in [1.165, 1.54) is 0 Å². The largest absolute Gasteiger partial charge is 0.497 e. The molecule has 0 saturated carbocycles. The molecule has 0 spiro atoms. The summed E-state index contributed by atoms with van der Waals surface area (Å²) in [6, 6.07) is 7.02. The van der Waals surface area contributed by atoms with Crippen molar-refractivity contribution in [1.82, 2.24) is 9.78 Å². The van der Waals surface area contributed by atoms with E-state index < -0.39 is 0 Å². The third-order valence-corrected chi connectivity index (χ3v) is 2.86. The SMILES string of the molecule is COc1cccc(C(=O)Nc2cnn(C(C)(C)C)c2)c1. The molecule has 1 amide bonds. The highest BCUT2D eigenvalue weighted by Crippen LogP contribution is 2.17. The van der Waals surface area contributed by atoms with Crippen LogP contribution in [0.15, 0.2) is 36.7 Å². The zero-order valence-electron chi connectivity index (χ0n) is 12.2. The molecule has 20 heavy (non-hydrogen) atoms. The Morgan fingerprint density at radius 2 is 2.10 bits per heavy atom. The van der Waals surface area contributed by atoms with Crippen LogP contribution in [0.4, 0.5) is 5.69 Å². The van der Waals surface area contributed by atoms with Crippen molar-refractivity contribution in [2.45, 2.75) is 26.3 Å². The van der Waals surface area contributed by atoms with Gasteiger partial charge in [0.15, 0.2) is 0 Å². The number of hydrogen-bond donors (Lipinski definition) is 1. The highest BCUT2D eigenvalue weighted by molar-refractivity contribution is 6.04. The molecule has 0 bridgehead atoms. The number of methoxy groups -OCH3 is 1. The molecule has 0 unspecified atom stereocenters. The summed E-state index contributed by atoms with van der Waals surface area (Å²) >= 11 is 0. The van der Waals surface area contributed by atoms with Crippen molar-refractivity contribution >= 4 is 11.6 Å². The summed E-state index contributed by atoms with van der Waals surface area (Å²) in [4.78, 5) is 12.1. The van der Waals surface area contributed by atoms with Gasteiger partial charge in [0.1, 0.15) is 5.75 Å². The first kappa shape index (κ1) is 14.1. The zero-order chi connectivity index (χ0) is 14.8. The minimum absolute atomic E-state index is 0.112. The summed E-state index contributed by atoms with van der Waals surface area (Å²) in [6.07, 6.45) is 3.46. The first-order valence-corrected chi connectivity index (χ1v) is 6.41. The van der Waals surface area contributed by atoms with E-state index in [1.54, 1.807) is 37.6 Å². The first-order chi connectivity index (χ1) is 9.40. The molecule has 1 heterocycles. The predicted molar refractivity (Wildman–Crippen MR) is 78.2 cm³/mol. The second-order valence-electron chi connectivity index (χ2n) is 5.53. The van der Waals surface area contributed by atoms with Crippen LogP contribution in [0.1, 0.15) is 31.1 Å². The van der Waals surface area contributed by atoms with Gasteiger partial charge in [0.25, 0.3) is 5.91 Å². The van der Waals surface area contributed by atoms with Gasteiger partial charge in [0.2, 0.25) is 0 Å². The Morgan fingerprint density at radius 1 is 1.35 bits per heavy atom. The topological polar surface area (TPSA) is 56.1 Å². The zero-order valence-corrected chi connectivity index (χ0v) is 12.2. The van der Waals surface area contributed by atoms with E-state index in [9.17, 15) is 4.79 Å². The molecular weight excluding hydrogens is 254 g/mol. The lowest BCUT2D eigenvalue weighted by Gasteiger charge is -2.18. The highest BCUT2D eigenvalue weighted by Gasteiger charge is 2.15. The molecule has 0 aliphatic carbocycles. The Hall–Kier alpha value is -2.30. The number of benzene rings is 1. The van der Waals surface area contributed by atoms with Gasteiger partial charge in [-0.1, -0.05) is 6.07 Å². The number of ether oxygens (including phenoxy) is 1. The number of hydrogen-bond acceptors (Lipinski definition) is 3. The standard InChI is InChI=1S/C15H19N3O2/c1-15(2,3)18-10-12(9-16-18)17-14(19)11-6-5-7-13(8-11)20-4/h5-10H,1-4H3,(H,17,19). The van der Waals surface area contributed by atoms with Crippen LogP contribution in [-0.4, -0.2) is 22.8 Å². The number of rotatable bonds is 3. The Balaban J connectivity index is 2.13. The Bertz CT molecular complexity index is 612. The average Bonchev–Trinajstić information content (AvgIpc) is 2.87.